The van der Waals surface area contributed by atoms with Gasteiger partial charge in [0.1, 0.15) is 5.65 Å². The zero-order chi connectivity index (χ0) is 16.4. The normalized spacial score (nSPS) is 12.3. The number of halogens is 2. The predicted octanol–water partition coefficient (Wildman–Crippen LogP) is 3.10. The molecule has 3 rings (SSSR count). The lowest BCUT2D eigenvalue weighted by Crippen LogP contribution is -2.31. The summed E-state index contributed by atoms with van der Waals surface area (Å²) in [7, 11) is 0. The molecule has 2 N–H and O–H groups in total. The first-order valence-corrected chi connectivity index (χ1v) is 7.63. The van der Waals surface area contributed by atoms with Crippen molar-refractivity contribution in [2.24, 2.45) is 0 Å². The third kappa shape index (κ3) is 3.47. The van der Waals surface area contributed by atoms with Crippen LogP contribution in [-0.2, 0) is 0 Å². The van der Waals surface area contributed by atoms with E-state index >= 15 is 0 Å². The van der Waals surface area contributed by atoms with E-state index in [1.165, 1.54) is 0 Å². The molecule has 5 nitrogen and oxygen atoms in total. The zero-order valence-corrected chi connectivity index (χ0v) is 13.4. The predicted molar refractivity (Wildman–Crippen MR) is 88.9 cm³/mol. The zero-order valence-electron chi connectivity index (χ0n) is 11.9. The van der Waals surface area contributed by atoms with Gasteiger partial charge in [0.05, 0.1) is 18.2 Å². The highest BCUT2D eigenvalue weighted by atomic mass is 35.5. The number of imidazole rings is 1. The molecule has 0 aliphatic heterocycles. The Kier molecular flexibility index (Phi) is 4.52. The number of rotatable bonds is 4. The summed E-state index contributed by atoms with van der Waals surface area (Å²) in [5.41, 5.74) is 1.85. The number of hydrogen-bond acceptors (Lipinski definition) is 3. The molecule has 7 heteroatoms. The van der Waals surface area contributed by atoms with E-state index in [1.54, 1.807) is 53.3 Å². The molecule has 1 amide bonds. The molecule has 2 heterocycles. The van der Waals surface area contributed by atoms with Gasteiger partial charge in [0.15, 0.2) is 0 Å². The number of aliphatic hydroxyl groups is 1. The fraction of sp³-hybridized carbons (Fsp3) is 0.125. The Morgan fingerprint density at radius 1 is 1.26 bits per heavy atom. The summed E-state index contributed by atoms with van der Waals surface area (Å²) in [5.74, 6) is -0.309. The fourth-order valence-corrected chi connectivity index (χ4v) is 2.85. The minimum absolute atomic E-state index is 0.268. The van der Waals surface area contributed by atoms with Crippen molar-refractivity contribution in [2.45, 2.75) is 6.04 Å². The van der Waals surface area contributed by atoms with Crippen molar-refractivity contribution in [2.75, 3.05) is 6.61 Å². The number of hydrogen-bond donors (Lipinski definition) is 2. The summed E-state index contributed by atoms with van der Waals surface area (Å²) in [6, 6.07) is 7.74. The Balaban J connectivity index is 1.84. The van der Waals surface area contributed by atoms with Gasteiger partial charge in [-0.25, -0.2) is 4.98 Å². The van der Waals surface area contributed by atoms with E-state index in [0.29, 0.717) is 21.2 Å². The lowest BCUT2D eigenvalue weighted by molar-refractivity contribution is 0.0915. The lowest BCUT2D eigenvalue weighted by Gasteiger charge is -2.17. The molecule has 0 radical (unpaired) electrons. The summed E-state index contributed by atoms with van der Waals surface area (Å²) in [4.78, 5) is 16.5. The van der Waals surface area contributed by atoms with Crippen molar-refractivity contribution >= 4 is 34.8 Å². The van der Waals surface area contributed by atoms with Crippen LogP contribution in [-0.4, -0.2) is 27.0 Å². The number of pyridine rings is 1. The van der Waals surface area contributed by atoms with Gasteiger partial charge in [0.25, 0.3) is 5.91 Å². The number of amides is 1. The van der Waals surface area contributed by atoms with Crippen LogP contribution in [0.3, 0.4) is 0 Å². The number of fused-ring (bicyclic) bond motifs is 1. The van der Waals surface area contributed by atoms with Gasteiger partial charge >= 0.3 is 0 Å². The van der Waals surface area contributed by atoms with Crippen LogP contribution in [0.4, 0.5) is 0 Å². The smallest absolute Gasteiger partial charge is 0.253 e. The van der Waals surface area contributed by atoms with Gasteiger partial charge < -0.3 is 14.8 Å². The molecular weight excluding hydrogens is 337 g/mol. The van der Waals surface area contributed by atoms with Crippen molar-refractivity contribution in [3.05, 3.63) is 70.1 Å². The Bertz CT molecular complexity index is 843. The van der Waals surface area contributed by atoms with Crippen molar-refractivity contribution in [3.8, 4) is 0 Å². The number of nitrogens with zero attached hydrogens (tertiary/aromatic N) is 2. The second-order valence-corrected chi connectivity index (χ2v) is 5.89. The standard InChI is InChI=1S/C16H13Cl2N3O2/c17-12-5-11(6-13(18)7-12)14(9-22)20-16(23)10-1-2-15-19-3-4-21(15)8-10/h1-8,14,22H,9H2,(H,20,23)/t14-/m0/s1. The maximum Gasteiger partial charge on any atom is 0.253 e. The van der Waals surface area contributed by atoms with Crippen LogP contribution in [0.25, 0.3) is 5.65 Å². The van der Waals surface area contributed by atoms with Crippen LogP contribution in [0.5, 0.6) is 0 Å². The summed E-state index contributed by atoms with van der Waals surface area (Å²) < 4.78 is 1.75. The summed E-state index contributed by atoms with van der Waals surface area (Å²) >= 11 is 11.9. The minimum Gasteiger partial charge on any atom is -0.394 e. The van der Waals surface area contributed by atoms with Gasteiger partial charge in [0, 0.05) is 28.6 Å². The van der Waals surface area contributed by atoms with Crippen molar-refractivity contribution in [1.82, 2.24) is 14.7 Å². The first kappa shape index (κ1) is 15.8. The molecule has 1 aromatic carbocycles. The third-order valence-electron chi connectivity index (χ3n) is 3.43. The van der Waals surface area contributed by atoms with Crippen molar-refractivity contribution < 1.29 is 9.90 Å². The summed E-state index contributed by atoms with van der Waals surface area (Å²) in [5, 5.41) is 13.2. The van der Waals surface area contributed by atoms with E-state index in [9.17, 15) is 9.90 Å². The molecule has 3 aromatic rings. The summed E-state index contributed by atoms with van der Waals surface area (Å²) in [6.07, 6.45) is 5.09. The highest BCUT2D eigenvalue weighted by molar-refractivity contribution is 6.34. The monoisotopic (exact) mass is 349 g/mol. The van der Waals surface area contributed by atoms with Crippen LogP contribution in [0.2, 0.25) is 10.0 Å². The third-order valence-corrected chi connectivity index (χ3v) is 3.86. The number of nitrogens with one attached hydrogen (secondary N) is 1. The van der Waals surface area contributed by atoms with Crippen molar-refractivity contribution in [3.63, 3.8) is 0 Å². The first-order valence-electron chi connectivity index (χ1n) is 6.87. The van der Waals surface area contributed by atoms with E-state index in [0.717, 1.165) is 5.65 Å². The Morgan fingerprint density at radius 2 is 2.00 bits per heavy atom. The molecule has 0 saturated carbocycles. The molecule has 0 fully saturated rings. The highest BCUT2D eigenvalue weighted by Crippen LogP contribution is 2.23. The lowest BCUT2D eigenvalue weighted by atomic mass is 10.1. The summed E-state index contributed by atoms with van der Waals surface area (Å²) in [6.45, 7) is -0.268. The number of carbonyl (C=O) groups excluding carboxylic acids is 1. The van der Waals surface area contributed by atoms with Crippen molar-refractivity contribution in [1.29, 1.82) is 0 Å². The Morgan fingerprint density at radius 3 is 2.70 bits per heavy atom. The molecule has 118 valence electrons. The fourth-order valence-electron chi connectivity index (χ4n) is 2.31. The maximum atomic E-state index is 12.4. The average molecular weight is 350 g/mol. The Labute approximate surface area is 142 Å². The van der Waals surface area contributed by atoms with Crippen LogP contribution < -0.4 is 5.32 Å². The van der Waals surface area contributed by atoms with E-state index in [1.807, 2.05) is 0 Å². The number of carbonyl (C=O) groups is 1. The van der Waals surface area contributed by atoms with Crippen LogP contribution >= 0.6 is 23.2 Å². The average Bonchev–Trinajstić information content (AvgIpc) is 2.98. The molecule has 23 heavy (non-hydrogen) atoms. The van der Waals surface area contributed by atoms with Gasteiger partial charge in [-0.05, 0) is 35.9 Å². The first-order chi connectivity index (χ1) is 11.1. The largest absolute Gasteiger partial charge is 0.394 e. The molecule has 0 spiro atoms. The van der Waals surface area contributed by atoms with E-state index in [-0.39, 0.29) is 12.5 Å². The van der Waals surface area contributed by atoms with Crippen LogP contribution in [0.15, 0.2) is 48.9 Å². The van der Waals surface area contributed by atoms with Crippen LogP contribution in [0.1, 0.15) is 22.0 Å². The maximum absolute atomic E-state index is 12.4. The molecule has 0 aliphatic carbocycles. The van der Waals surface area contributed by atoms with Gasteiger partial charge in [-0.1, -0.05) is 23.2 Å². The van der Waals surface area contributed by atoms with Gasteiger partial charge in [-0.3, -0.25) is 4.79 Å². The van der Waals surface area contributed by atoms with E-state index < -0.39 is 6.04 Å². The topological polar surface area (TPSA) is 66.6 Å². The van der Waals surface area contributed by atoms with Gasteiger partial charge in [-0.2, -0.15) is 0 Å². The van der Waals surface area contributed by atoms with Gasteiger partial charge in [-0.15, -0.1) is 0 Å². The quantitative estimate of drug-likeness (QED) is 0.760. The minimum atomic E-state index is -0.600. The Hall–Kier alpha value is -2.08. The molecule has 0 bridgehead atoms. The number of aliphatic hydroxyl groups excluding tert-OH is 1. The van der Waals surface area contributed by atoms with E-state index in [4.69, 9.17) is 23.2 Å². The molecule has 0 unspecified atom stereocenters. The second kappa shape index (κ2) is 6.58. The van der Waals surface area contributed by atoms with Gasteiger partial charge in [0.2, 0.25) is 0 Å². The molecular formula is C16H13Cl2N3O2. The SMILES string of the molecule is O=C(N[C@@H](CO)c1cc(Cl)cc(Cl)c1)c1ccc2nccn2c1. The molecule has 1 atom stereocenters. The molecule has 0 aliphatic rings. The highest BCUT2D eigenvalue weighted by Gasteiger charge is 2.16. The molecule has 0 saturated heterocycles. The van der Waals surface area contributed by atoms with E-state index in [2.05, 4.69) is 10.3 Å². The van der Waals surface area contributed by atoms with Crippen LogP contribution in [0, 0.1) is 0 Å². The second-order valence-electron chi connectivity index (χ2n) is 5.02. The number of aromatic nitrogens is 2. The number of benzene rings is 1. The molecule has 2 aromatic heterocycles.